The van der Waals surface area contributed by atoms with Crippen molar-refractivity contribution in [2.45, 2.75) is 26.0 Å². The third kappa shape index (κ3) is 2.97. The lowest BCUT2D eigenvalue weighted by Gasteiger charge is -2.20. The van der Waals surface area contributed by atoms with Gasteiger partial charge in [0, 0.05) is 12.2 Å². The minimum absolute atomic E-state index is 0.149. The minimum atomic E-state index is -0.652. The average Bonchev–Trinajstić information content (AvgIpc) is 2.21. The molecule has 0 aliphatic carbocycles. The van der Waals surface area contributed by atoms with Gasteiger partial charge in [0.15, 0.2) is 0 Å². The number of ether oxygens (including phenoxy) is 1. The molecule has 0 aromatic heterocycles. The van der Waals surface area contributed by atoms with Crippen molar-refractivity contribution in [2.24, 2.45) is 5.73 Å². The maximum Gasteiger partial charge on any atom is 0.128 e. The standard InChI is InChI=1S/C11H15F2NO/c1-3-15-7(2)11(14)9-6-8(12)4-5-10(9)13/h4-7,11H,3,14H2,1-2H3. The first kappa shape index (κ1) is 12.1. The molecule has 2 nitrogen and oxygen atoms in total. The fourth-order valence-corrected chi connectivity index (χ4v) is 1.39. The van der Waals surface area contributed by atoms with Gasteiger partial charge in [0.2, 0.25) is 0 Å². The monoisotopic (exact) mass is 215 g/mol. The Balaban J connectivity index is 2.89. The van der Waals surface area contributed by atoms with Crippen molar-refractivity contribution in [1.82, 2.24) is 0 Å². The van der Waals surface area contributed by atoms with Gasteiger partial charge in [-0.1, -0.05) is 0 Å². The fraction of sp³-hybridized carbons (Fsp3) is 0.455. The van der Waals surface area contributed by atoms with Crippen LogP contribution in [0, 0.1) is 11.6 Å². The Labute approximate surface area is 88.0 Å². The maximum atomic E-state index is 13.3. The van der Waals surface area contributed by atoms with Gasteiger partial charge in [-0.2, -0.15) is 0 Å². The summed E-state index contributed by atoms with van der Waals surface area (Å²) in [6.45, 7) is 4.05. The van der Waals surface area contributed by atoms with Gasteiger partial charge in [0.1, 0.15) is 11.6 Å². The number of nitrogens with two attached hydrogens (primary N) is 1. The van der Waals surface area contributed by atoms with Crippen LogP contribution in [0.2, 0.25) is 0 Å². The highest BCUT2D eigenvalue weighted by Crippen LogP contribution is 2.20. The molecule has 2 atom stereocenters. The molecule has 0 saturated heterocycles. The predicted molar refractivity (Wildman–Crippen MR) is 54.4 cm³/mol. The quantitative estimate of drug-likeness (QED) is 0.837. The summed E-state index contributed by atoms with van der Waals surface area (Å²) in [5.41, 5.74) is 5.91. The second-order valence-corrected chi connectivity index (χ2v) is 3.35. The predicted octanol–water partition coefficient (Wildman–Crippen LogP) is 2.39. The lowest BCUT2D eigenvalue weighted by atomic mass is 10.0. The molecule has 4 heteroatoms. The summed E-state index contributed by atoms with van der Waals surface area (Å²) in [5, 5.41) is 0. The molecule has 0 heterocycles. The van der Waals surface area contributed by atoms with Gasteiger partial charge in [0.25, 0.3) is 0 Å². The van der Waals surface area contributed by atoms with E-state index in [1.807, 2.05) is 6.92 Å². The van der Waals surface area contributed by atoms with Crippen molar-refractivity contribution < 1.29 is 13.5 Å². The van der Waals surface area contributed by atoms with E-state index in [9.17, 15) is 8.78 Å². The highest BCUT2D eigenvalue weighted by molar-refractivity contribution is 5.22. The van der Waals surface area contributed by atoms with Crippen molar-refractivity contribution in [3.8, 4) is 0 Å². The van der Waals surface area contributed by atoms with Crippen LogP contribution in [0.3, 0.4) is 0 Å². The van der Waals surface area contributed by atoms with E-state index >= 15 is 0 Å². The van der Waals surface area contributed by atoms with Gasteiger partial charge < -0.3 is 10.5 Å². The molecular weight excluding hydrogens is 200 g/mol. The lowest BCUT2D eigenvalue weighted by molar-refractivity contribution is 0.0565. The normalized spacial score (nSPS) is 15.0. The zero-order valence-electron chi connectivity index (χ0n) is 8.84. The molecule has 0 aliphatic rings. The first-order valence-electron chi connectivity index (χ1n) is 4.88. The third-order valence-corrected chi connectivity index (χ3v) is 2.25. The Bertz CT molecular complexity index is 330. The largest absolute Gasteiger partial charge is 0.377 e. The van der Waals surface area contributed by atoms with Crippen LogP contribution in [-0.2, 0) is 4.74 Å². The van der Waals surface area contributed by atoms with Crippen LogP contribution in [-0.4, -0.2) is 12.7 Å². The van der Waals surface area contributed by atoms with Gasteiger partial charge in [-0.3, -0.25) is 0 Å². The molecule has 15 heavy (non-hydrogen) atoms. The third-order valence-electron chi connectivity index (χ3n) is 2.25. The molecule has 0 saturated carbocycles. The topological polar surface area (TPSA) is 35.2 Å². The molecular formula is C11H15F2NO. The van der Waals surface area contributed by atoms with E-state index in [0.717, 1.165) is 18.2 Å². The Kier molecular flexibility index (Phi) is 4.17. The Hall–Kier alpha value is -1.00. The van der Waals surface area contributed by atoms with Gasteiger partial charge in [-0.15, -0.1) is 0 Å². The van der Waals surface area contributed by atoms with Crippen LogP contribution in [0.5, 0.6) is 0 Å². The molecule has 0 bridgehead atoms. The summed E-state index contributed by atoms with van der Waals surface area (Å²) >= 11 is 0. The van der Waals surface area contributed by atoms with Crippen LogP contribution in [0.1, 0.15) is 25.5 Å². The average molecular weight is 215 g/mol. The molecule has 0 radical (unpaired) electrons. The Morgan fingerprint density at radius 1 is 1.40 bits per heavy atom. The summed E-state index contributed by atoms with van der Waals surface area (Å²) in [5.74, 6) is -0.999. The summed E-state index contributed by atoms with van der Waals surface area (Å²) in [7, 11) is 0. The summed E-state index contributed by atoms with van der Waals surface area (Å²) in [6, 6.07) is 2.59. The number of benzene rings is 1. The van der Waals surface area contributed by atoms with E-state index in [-0.39, 0.29) is 11.7 Å². The van der Waals surface area contributed by atoms with Gasteiger partial charge in [0.05, 0.1) is 12.1 Å². The molecule has 0 aliphatic heterocycles. The van der Waals surface area contributed by atoms with Gasteiger partial charge >= 0.3 is 0 Å². The summed E-state index contributed by atoms with van der Waals surface area (Å²) in [4.78, 5) is 0. The highest BCUT2D eigenvalue weighted by atomic mass is 19.1. The summed E-state index contributed by atoms with van der Waals surface area (Å²) < 4.78 is 31.5. The van der Waals surface area contributed by atoms with Crippen molar-refractivity contribution in [3.05, 3.63) is 35.4 Å². The van der Waals surface area contributed by atoms with E-state index in [2.05, 4.69) is 0 Å². The minimum Gasteiger partial charge on any atom is -0.377 e. The molecule has 1 aromatic rings. The summed E-state index contributed by atoms with van der Waals surface area (Å²) in [6.07, 6.45) is -0.341. The molecule has 1 rings (SSSR count). The van der Waals surface area contributed by atoms with E-state index < -0.39 is 17.7 Å². The molecule has 2 unspecified atom stereocenters. The van der Waals surface area contributed by atoms with E-state index in [4.69, 9.17) is 10.5 Å². The zero-order chi connectivity index (χ0) is 11.4. The van der Waals surface area contributed by atoms with E-state index in [1.54, 1.807) is 6.92 Å². The Morgan fingerprint density at radius 2 is 2.07 bits per heavy atom. The molecule has 2 N–H and O–H groups in total. The molecule has 0 fully saturated rings. The van der Waals surface area contributed by atoms with Crippen molar-refractivity contribution in [2.75, 3.05) is 6.61 Å². The second-order valence-electron chi connectivity index (χ2n) is 3.35. The first-order chi connectivity index (χ1) is 7.06. The van der Waals surface area contributed by atoms with Crippen molar-refractivity contribution in [3.63, 3.8) is 0 Å². The molecule has 84 valence electrons. The Morgan fingerprint density at radius 3 is 2.67 bits per heavy atom. The van der Waals surface area contributed by atoms with Crippen LogP contribution >= 0.6 is 0 Å². The molecule has 0 spiro atoms. The number of hydrogen-bond donors (Lipinski definition) is 1. The second kappa shape index (κ2) is 5.19. The van der Waals surface area contributed by atoms with Gasteiger partial charge in [-0.05, 0) is 32.0 Å². The van der Waals surface area contributed by atoms with E-state index in [0.29, 0.717) is 6.61 Å². The maximum absolute atomic E-state index is 13.3. The van der Waals surface area contributed by atoms with Crippen molar-refractivity contribution in [1.29, 1.82) is 0 Å². The molecule has 1 aromatic carbocycles. The lowest BCUT2D eigenvalue weighted by Crippen LogP contribution is -2.27. The van der Waals surface area contributed by atoms with E-state index in [1.165, 1.54) is 0 Å². The highest BCUT2D eigenvalue weighted by Gasteiger charge is 2.19. The van der Waals surface area contributed by atoms with Crippen LogP contribution in [0.15, 0.2) is 18.2 Å². The van der Waals surface area contributed by atoms with Crippen molar-refractivity contribution >= 4 is 0 Å². The fourth-order valence-electron chi connectivity index (χ4n) is 1.39. The van der Waals surface area contributed by atoms with Crippen LogP contribution in [0.4, 0.5) is 8.78 Å². The smallest absolute Gasteiger partial charge is 0.128 e. The van der Waals surface area contributed by atoms with Crippen LogP contribution in [0.25, 0.3) is 0 Å². The van der Waals surface area contributed by atoms with Gasteiger partial charge in [-0.25, -0.2) is 8.78 Å². The SMILES string of the molecule is CCOC(C)C(N)c1cc(F)ccc1F. The molecule has 0 amide bonds. The zero-order valence-corrected chi connectivity index (χ0v) is 8.84. The van der Waals surface area contributed by atoms with Crippen LogP contribution < -0.4 is 5.73 Å². The first-order valence-corrected chi connectivity index (χ1v) is 4.88. The number of halogens is 2. The number of hydrogen-bond acceptors (Lipinski definition) is 2. The number of rotatable bonds is 4.